The van der Waals surface area contributed by atoms with Crippen LogP contribution >= 0.6 is 0 Å². The van der Waals surface area contributed by atoms with Crippen molar-refractivity contribution in [2.75, 3.05) is 0 Å². The summed E-state index contributed by atoms with van der Waals surface area (Å²) in [5.74, 6) is -2.18. The van der Waals surface area contributed by atoms with Gasteiger partial charge in [0, 0.05) is 38.3 Å². The van der Waals surface area contributed by atoms with E-state index < -0.39 is 22.8 Å². The number of halogens is 2. The van der Waals surface area contributed by atoms with Crippen LogP contribution < -0.4 is 0 Å². The van der Waals surface area contributed by atoms with Gasteiger partial charge in [0.1, 0.15) is 0 Å². The molecule has 0 amide bonds. The van der Waals surface area contributed by atoms with Gasteiger partial charge in [-0.2, -0.15) is 5.26 Å². The van der Waals surface area contributed by atoms with E-state index >= 15 is 0 Å². The van der Waals surface area contributed by atoms with Gasteiger partial charge in [-0.15, -0.1) is 6.07 Å². The van der Waals surface area contributed by atoms with Crippen LogP contribution in [-0.4, -0.2) is 4.98 Å². The molecule has 5 radical (unpaired) electrons. The fourth-order valence-electron chi connectivity index (χ4n) is 1.47. The zero-order valence-electron chi connectivity index (χ0n) is 9.37. The molecule has 0 spiro atoms. The summed E-state index contributed by atoms with van der Waals surface area (Å²) in [6.07, 6.45) is 0. The van der Waals surface area contributed by atoms with Crippen molar-refractivity contribution >= 4 is 0 Å². The first-order valence-corrected chi connectivity index (χ1v) is 4.87. The Morgan fingerprint density at radius 1 is 1.21 bits per heavy atom. The van der Waals surface area contributed by atoms with E-state index in [1.807, 2.05) is 0 Å². The average Bonchev–Trinajstić information content (AvgIpc) is 2.34. The number of nitriles is 1. The number of rotatable bonds is 1. The number of hydrogen-bond donors (Lipinski definition) is 0. The van der Waals surface area contributed by atoms with Gasteiger partial charge in [0.25, 0.3) is 0 Å². The molecule has 0 N–H and O–H groups in total. The molecule has 0 unspecified atom stereocenters. The van der Waals surface area contributed by atoms with E-state index in [1.165, 1.54) is 18.2 Å². The first-order chi connectivity index (χ1) is 8.54. The third-order valence-corrected chi connectivity index (χ3v) is 2.29. The molecule has 95 valence electrons. The van der Waals surface area contributed by atoms with E-state index in [-0.39, 0.29) is 37.1 Å². The Kier molecular flexibility index (Phi) is 4.88. The van der Waals surface area contributed by atoms with Crippen molar-refractivity contribution in [3.8, 4) is 17.3 Å². The molecule has 0 saturated carbocycles. The third kappa shape index (κ3) is 2.86. The second-order valence-corrected chi connectivity index (χ2v) is 3.48. The maximum Gasteiger partial charge on any atom is 0.0848 e. The van der Waals surface area contributed by atoms with Gasteiger partial charge in [-0.3, -0.25) is 8.78 Å². The number of benzene rings is 1. The topological polar surface area (TPSA) is 36.7 Å². The summed E-state index contributed by atoms with van der Waals surface area (Å²) in [5, 5.41) is 8.71. The molecule has 2 aromatic rings. The molecule has 19 heavy (non-hydrogen) atoms. The van der Waals surface area contributed by atoms with Crippen LogP contribution in [0.2, 0.25) is 0 Å². The van der Waals surface area contributed by atoms with Crippen LogP contribution in [0, 0.1) is 42.9 Å². The largest absolute Gasteiger partial charge is 0.301 e. The summed E-state index contributed by atoms with van der Waals surface area (Å²) in [6.45, 7) is 10.8. The van der Waals surface area contributed by atoms with E-state index in [0.717, 1.165) is 0 Å². The fourth-order valence-corrected chi connectivity index (χ4v) is 1.47. The Bertz CT molecular complexity index is 663. The molecule has 1 heterocycles. The van der Waals surface area contributed by atoms with Crippen molar-refractivity contribution in [3.63, 3.8) is 0 Å². The molecule has 2 nitrogen and oxygen atoms in total. The maximum absolute atomic E-state index is 13.9. The number of pyridine rings is 1. The van der Waals surface area contributed by atoms with Crippen molar-refractivity contribution in [1.29, 1.82) is 5.26 Å². The molecule has 5 heteroatoms. The van der Waals surface area contributed by atoms with E-state index in [1.54, 1.807) is 6.07 Å². The number of nitrogens with zero attached hydrogens (tertiary/aromatic N) is 2. The van der Waals surface area contributed by atoms with Gasteiger partial charge in [0.05, 0.1) is 17.7 Å². The summed E-state index contributed by atoms with van der Waals surface area (Å²) in [6, 6.07) is 8.27. The molecule has 0 saturated heterocycles. The predicted molar refractivity (Wildman–Crippen MR) is 59.9 cm³/mol. The monoisotopic (exact) mass is 432 g/mol. The van der Waals surface area contributed by atoms with E-state index in [2.05, 4.69) is 11.1 Å². The van der Waals surface area contributed by atoms with Crippen molar-refractivity contribution in [1.82, 2.24) is 4.98 Å². The maximum atomic E-state index is 13.9. The van der Waals surface area contributed by atoms with Crippen LogP contribution in [0.5, 0.6) is 0 Å². The summed E-state index contributed by atoms with van der Waals surface area (Å²) >= 11 is 0. The van der Waals surface area contributed by atoms with Crippen LogP contribution in [0.25, 0.3) is 11.3 Å². The standard InChI is InChI=1S/C14H5F2N2.Ir/c1-8-6-10(12-5-3-4-9(2)18-12)14(16)11(7-17)13(8)15;/h1-5H;/q-1;. The molecule has 0 aliphatic heterocycles. The minimum Gasteiger partial charge on any atom is -0.301 e. The van der Waals surface area contributed by atoms with Gasteiger partial charge in [0.15, 0.2) is 0 Å². The second-order valence-electron chi connectivity index (χ2n) is 3.48. The first-order valence-electron chi connectivity index (χ1n) is 4.87. The van der Waals surface area contributed by atoms with Crippen molar-refractivity contribution in [2.45, 2.75) is 0 Å². The SMILES string of the molecule is [CH]c1cccc(-c2[c-]c([CH])c(F)c(C#N)c2F)n1.[Ir]. The minimum atomic E-state index is -1.12. The molecule has 1 aromatic heterocycles. The van der Waals surface area contributed by atoms with Crippen LogP contribution in [-0.2, 0) is 20.1 Å². The number of aromatic nitrogens is 1. The van der Waals surface area contributed by atoms with E-state index in [9.17, 15) is 8.78 Å². The molecule has 0 bridgehead atoms. The summed E-state index contributed by atoms with van der Waals surface area (Å²) in [7, 11) is 0. The second kappa shape index (κ2) is 6.01. The Balaban J connectivity index is 0.00000180. The zero-order chi connectivity index (χ0) is 13.3. The van der Waals surface area contributed by atoms with Crippen molar-refractivity contribution in [2.24, 2.45) is 0 Å². The third-order valence-electron chi connectivity index (χ3n) is 2.29. The minimum absolute atomic E-state index is 0. The molecule has 0 aliphatic rings. The molecule has 0 aliphatic carbocycles. The first kappa shape index (κ1) is 15.4. The molecular weight excluding hydrogens is 426 g/mol. The quantitative estimate of drug-likeness (QED) is 0.652. The van der Waals surface area contributed by atoms with E-state index in [4.69, 9.17) is 19.1 Å². The predicted octanol–water partition coefficient (Wildman–Crippen LogP) is 2.81. The number of hydrogen-bond acceptors (Lipinski definition) is 2. The Hall–Kier alpha value is -1.63. The summed E-state index contributed by atoms with van der Waals surface area (Å²) in [4.78, 5) is 3.87. The zero-order valence-corrected chi connectivity index (χ0v) is 11.8. The summed E-state index contributed by atoms with van der Waals surface area (Å²) < 4.78 is 27.3. The molecule has 1 aromatic carbocycles. The molecule has 0 fully saturated rings. The fraction of sp³-hybridized carbons (Fsp3) is 0. The molecular formula is C14H5F2IrN2-. The van der Waals surface area contributed by atoms with Crippen LogP contribution in [0.1, 0.15) is 16.8 Å². The van der Waals surface area contributed by atoms with Crippen LogP contribution in [0.4, 0.5) is 8.78 Å². The Morgan fingerprint density at radius 2 is 1.89 bits per heavy atom. The van der Waals surface area contributed by atoms with Crippen molar-refractivity contribution < 1.29 is 28.9 Å². The van der Waals surface area contributed by atoms with Gasteiger partial charge in [-0.05, 0) is 18.7 Å². The van der Waals surface area contributed by atoms with Gasteiger partial charge in [0.2, 0.25) is 0 Å². The molecule has 2 rings (SSSR count). The normalized spacial score (nSPS) is 9.63. The van der Waals surface area contributed by atoms with Gasteiger partial charge < -0.3 is 4.98 Å². The molecule has 0 atom stereocenters. The van der Waals surface area contributed by atoms with Crippen LogP contribution in [0.15, 0.2) is 18.2 Å². The smallest absolute Gasteiger partial charge is 0.0848 e. The van der Waals surface area contributed by atoms with Crippen molar-refractivity contribution in [3.05, 3.63) is 66.6 Å². The van der Waals surface area contributed by atoms with E-state index in [0.29, 0.717) is 0 Å². The Labute approximate surface area is 123 Å². The van der Waals surface area contributed by atoms with Gasteiger partial charge in [-0.1, -0.05) is 23.3 Å². The van der Waals surface area contributed by atoms with Crippen LogP contribution in [0.3, 0.4) is 0 Å². The summed E-state index contributed by atoms with van der Waals surface area (Å²) in [5.41, 5.74) is -1.08. The van der Waals surface area contributed by atoms with Gasteiger partial charge >= 0.3 is 0 Å². The Morgan fingerprint density at radius 3 is 2.47 bits per heavy atom. The van der Waals surface area contributed by atoms with Gasteiger partial charge in [-0.25, -0.2) is 0 Å². The average molecular weight is 431 g/mol.